The second-order valence-corrected chi connectivity index (χ2v) is 7.66. The van der Waals surface area contributed by atoms with E-state index in [2.05, 4.69) is 0 Å². The summed E-state index contributed by atoms with van der Waals surface area (Å²) in [6.45, 7) is 0. The van der Waals surface area contributed by atoms with Crippen LogP contribution < -0.4 is 5.73 Å². The number of carboxylic acid groups (broad SMARTS) is 1. The fourth-order valence-corrected chi connectivity index (χ4v) is 5.07. The first-order valence-electron chi connectivity index (χ1n) is 8.57. The molecule has 3 N–H and O–H groups in total. The highest BCUT2D eigenvalue weighted by molar-refractivity contribution is 5.67. The van der Waals surface area contributed by atoms with Crippen molar-refractivity contribution in [1.82, 2.24) is 0 Å². The van der Waals surface area contributed by atoms with E-state index in [0.29, 0.717) is 12.0 Å². The third-order valence-corrected chi connectivity index (χ3v) is 5.56. The number of hydrogen-bond acceptors (Lipinski definition) is 2. The van der Waals surface area contributed by atoms with Gasteiger partial charge in [0.05, 0.1) is 0 Å². The van der Waals surface area contributed by atoms with Crippen LogP contribution >= 0.6 is 0 Å². The van der Waals surface area contributed by atoms with Gasteiger partial charge in [0.1, 0.15) is 0 Å². The summed E-state index contributed by atoms with van der Waals surface area (Å²) in [4.78, 5) is 10.2. The van der Waals surface area contributed by atoms with Crippen molar-refractivity contribution < 1.29 is 9.90 Å². The molecule has 120 valence electrons. The largest absolute Gasteiger partial charge is 0.481 e. The zero-order valence-electron chi connectivity index (χ0n) is 13.2. The van der Waals surface area contributed by atoms with Crippen molar-refractivity contribution in [3.63, 3.8) is 0 Å². The van der Waals surface area contributed by atoms with Crippen LogP contribution in [0.15, 0.2) is 30.3 Å². The predicted molar refractivity (Wildman–Crippen MR) is 87.5 cm³/mol. The lowest BCUT2D eigenvalue weighted by molar-refractivity contribution is -0.136. The van der Waals surface area contributed by atoms with Crippen LogP contribution in [0.2, 0.25) is 0 Å². The molecular weight excluding hydrogens is 274 g/mol. The van der Waals surface area contributed by atoms with Gasteiger partial charge in [-0.05, 0) is 68.3 Å². The molecule has 0 aliphatic heterocycles. The monoisotopic (exact) mass is 301 g/mol. The Balaban J connectivity index is 0.000000131. The molecule has 0 aromatic heterocycles. The first-order chi connectivity index (χ1) is 10.5. The third-order valence-electron chi connectivity index (χ3n) is 5.56. The zero-order valence-corrected chi connectivity index (χ0v) is 13.2. The summed E-state index contributed by atoms with van der Waals surface area (Å²) in [5.74, 6) is 2.32. The van der Waals surface area contributed by atoms with E-state index in [0.717, 1.165) is 23.3 Å². The zero-order chi connectivity index (χ0) is 15.6. The normalized spacial score (nSPS) is 34.9. The van der Waals surface area contributed by atoms with Gasteiger partial charge in [-0.25, -0.2) is 0 Å². The predicted octanol–water partition coefficient (Wildman–Crippen LogP) is 3.62. The third kappa shape index (κ3) is 3.89. The maximum absolute atomic E-state index is 10.2. The Bertz CT molecular complexity index is 476. The van der Waals surface area contributed by atoms with Crippen LogP contribution in [-0.2, 0) is 11.2 Å². The van der Waals surface area contributed by atoms with E-state index in [9.17, 15) is 4.79 Å². The maximum atomic E-state index is 10.2. The maximum Gasteiger partial charge on any atom is 0.303 e. The van der Waals surface area contributed by atoms with Crippen LogP contribution in [-0.4, -0.2) is 16.6 Å². The molecule has 1 aromatic carbocycles. The molecule has 0 amide bonds. The van der Waals surface area contributed by atoms with Crippen molar-refractivity contribution in [3.8, 4) is 0 Å². The SMILES string of the molecule is NC12CC3CC(CC(C3)C1)C2.O=C(O)CCc1ccccc1. The van der Waals surface area contributed by atoms with Crippen molar-refractivity contribution in [2.24, 2.45) is 23.5 Å². The molecule has 3 nitrogen and oxygen atoms in total. The summed E-state index contributed by atoms with van der Waals surface area (Å²) in [6, 6.07) is 9.62. The minimum Gasteiger partial charge on any atom is -0.481 e. The lowest BCUT2D eigenvalue weighted by Gasteiger charge is -2.55. The highest BCUT2D eigenvalue weighted by atomic mass is 16.4. The van der Waals surface area contributed by atoms with Gasteiger partial charge in [-0.1, -0.05) is 30.3 Å². The van der Waals surface area contributed by atoms with Gasteiger partial charge in [-0.3, -0.25) is 4.79 Å². The molecule has 4 bridgehead atoms. The number of rotatable bonds is 3. The quantitative estimate of drug-likeness (QED) is 0.896. The van der Waals surface area contributed by atoms with E-state index in [-0.39, 0.29) is 6.42 Å². The van der Waals surface area contributed by atoms with Crippen molar-refractivity contribution in [2.75, 3.05) is 0 Å². The standard InChI is InChI=1S/C10H17N.C9H10O2/c11-10-4-7-1-8(5-10)3-9(2-7)6-10;10-9(11)7-6-8-4-2-1-3-5-8/h7-9H,1-6,11H2;1-5H,6-7H2,(H,10,11). The number of nitrogens with two attached hydrogens (primary N) is 1. The Kier molecular flexibility index (Phi) is 4.53. The van der Waals surface area contributed by atoms with E-state index in [1.165, 1.54) is 38.5 Å². The van der Waals surface area contributed by atoms with Crippen LogP contribution in [0.4, 0.5) is 0 Å². The number of aryl methyl sites for hydroxylation is 1. The van der Waals surface area contributed by atoms with Crippen LogP contribution in [0.1, 0.15) is 50.5 Å². The molecule has 0 spiro atoms. The number of aliphatic carboxylic acids is 1. The summed E-state index contributed by atoms with van der Waals surface area (Å²) in [5, 5.41) is 8.37. The second-order valence-electron chi connectivity index (χ2n) is 7.66. The summed E-state index contributed by atoms with van der Waals surface area (Å²) >= 11 is 0. The highest BCUT2D eigenvalue weighted by Crippen LogP contribution is 2.54. The van der Waals surface area contributed by atoms with Crippen LogP contribution in [0, 0.1) is 17.8 Å². The molecule has 0 radical (unpaired) electrons. The summed E-state index contributed by atoms with van der Waals surface area (Å²) in [6.07, 6.45) is 9.40. The number of benzene rings is 1. The molecule has 0 unspecified atom stereocenters. The average Bonchev–Trinajstić information content (AvgIpc) is 2.44. The molecule has 3 heteroatoms. The van der Waals surface area contributed by atoms with E-state index in [4.69, 9.17) is 10.8 Å². The van der Waals surface area contributed by atoms with E-state index < -0.39 is 5.97 Å². The van der Waals surface area contributed by atoms with Gasteiger partial charge in [0, 0.05) is 12.0 Å². The Hall–Kier alpha value is -1.35. The number of carbonyl (C=O) groups is 1. The van der Waals surface area contributed by atoms with Gasteiger partial charge < -0.3 is 10.8 Å². The summed E-state index contributed by atoms with van der Waals surface area (Å²) in [5.41, 5.74) is 7.70. The molecule has 4 saturated carbocycles. The van der Waals surface area contributed by atoms with Gasteiger partial charge >= 0.3 is 5.97 Å². The Morgan fingerprint density at radius 1 is 1.05 bits per heavy atom. The smallest absolute Gasteiger partial charge is 0.303 e. The van der Waals surface area contributed by atoms with Crippen LogP contribution in [0.5, 0.6) is 0 Å². The first-order valence-corrected chi connectivity index (χ1v) is 8.57. The van der Waals surface area contributed by atoms with Crippen molar-refractivity contribution in [2.45, 2.75) is 56.9 Å². The molecule has 1 aromatic rings. The van der Waals surface area contributed by atoms with Gasteiger partial charge in [0.25, 0.3) is 0 Å². The lowest BCUT2D eigenvalue weighted by atomic mass is 9.53. The van der Waals surface area contributed by atoms with E-state index in [1.54, 1.807) is 0 Å². The van der Waals surface area contributed by atoms with Crippen LogP contribution in [0.3, 0.4) is 0 Å². The molecule has 4 fully saturated rings. The number of carboxylic acids is 1. The van der Waals surface area contributed by atoms with E-state index >= 15 is 0 Å². The molecule has 22 heavy (non-hydrogen) atoms. The molecule has 0 atom stereocenters. The Morgan fingerprint density at radius 3 is 1.95 bits per heavy atom. The Morgan fingerprint density at radius 2 is 1.55 bits per heavy atom. The van der Waals surface area contributed by atoms with Crippen LogP contribution in [0.25, 0.3) is 0 Å². The Labute approximate surface area is 132 Å². The number of hydrogen-bond donors (Lipinski definition) is 2. The average molecular weight is 301 g/mol. The lowest BCUT2D eigenvalue weighted by Crippen LogP contribution is -2.55. The molecule has 5 rings (SSSR count). The van der Waals surface area contributed by atoms with Crippen molar-refractivity contribution in [1.29, 1.82) is 0 Å². The van der Waals surface area contributed by atoms with Crippen molar-refractivity contribution >= 4 is 5.97 Å². The topological polar surface area (TPSA) is 63.3 Å². The van der Waals surface area contributed by atoms with Gasteiger partial charge in [0.2, 0.25) is 0 Å². The summed E-state index contributed by atoms with van der Waals surface area (Å²) < 4.78 is 0. The molecule has 4 aliphatic carbocycles. The molecule has 0 saturated heterocycles. The van der Waals surface area contributed by atoms with Gasteiger partial charge in [-0.2, -0.15) is 0 Å². The molecule has 4 aliphatic rings. The molecular formula is C19H27NO2. The fourth-order valence-electron chi connectivity index (χ4n) is 5.07. The summed E-state index contributed by atoms with van der Waals surface area (Å²) in [7, 11) is 0. The van der Waals surface area contributed by atoms with Gasteiger partial charge in [0.15, 0.2) is 0 Å². The van der Waals surface area contributed by atoms with Crippen molar-refractivity contribution in [3.05, 3.63) is 35.9 Å². The fraction of sp³-hybridized carbons (Fsp3) is 0.632. The second kappa shape index (κ2) is 6.41. The minimum atomic E-state index is -0.742. The van der Waals surface area contributed by atoms with E-state index in [1.807, 2.05) is 30.3 Å². The first kappa shape index (κ1) is 15.5. The van der Waals surface area contributed by atoms with Gasteiger partial charge in [-0.15, -0.1) is 0 Å². The highest BCUT2D eigenvalue weighted by Gasteiger charge is 2.48. The minimum absolute atomic E-state index is 0.212. The molecule has 0 heterocycles.